The van der Waals surface area contributed by atoms with E-state index in [0.717, 1.165) is 27.4 Å². The molecule has 1 aromatic heterocycles. The Balaban J connectivity index is 1.63. The molecular weight excluding hydrogens is 368 g/mol. The highest BCUT2D eigenvalue weighted by molar-refractivity contribution is 6.30. The molecular formula is C24H17ClN2O. The lowest BCUT2D eigenvalue weighted by Crippen LogP contribution is -2.37. The van der Waals surface area contributed by atoms with Crippen LogP contribution in [0.5, 0.6) is 0 Å². The van der Waals surface area contributed by atoms with Crippen LogP contribution in [-0.2, 0) is 0 Å². The summed E-state index contributed by atoms with van der Waals surface area (Å²) in [6, 6.07) is 24.4. The van der Waals surface area contributed by atoms with Gasteiger partial charge >= 0.3 is 0 Å². The number of aromatic amines is 1. The van der Waals surface area contributed by atoms with E-state index < -0.39 is 0 Å². The quantitative estimate of drug-likeness (QED) is 0.461. The SMILES string of the molecule is O=C1c2ccccc2[C@@H]2c3[nH]c4ccccc4c3[C@@H](c3ccc(Cl)cc3)CN12. The van der Waals surface area contributed by atoms with Crippen molar-refractivity contribution in [2.24, 2.45) is 0 Å². The minimum Gasteiger partial charge on any atom is -0.356 e. The highest BCUT2D eigenvalue weighted by atomic mass is 35.5. The molecule has 3 aromatic carbocycles. The van der Waals surface area contributed by atoms with Gasteiger partial charge in [-0.25, -0.2) is 0 Å². The normalized spacial score (nSPS) is 20.2. The van der Waals surface area contributed by atoms with Crippen molar-refractivity contribution in [1.29, 1.82) is 0 Å². The number of rotatable bonds is 1. The van der Waals surface area contributed by atoms with Gasteiger partial charge in [0.1, 0.15) is 0 Å². The summed E-state index contributed by atoms with van der Waals surface area (Å²) >= 11 is 6.13. The second-order valence-corrected chi connectivity index (χ2v) is 7.99. The predicted octanol–water partition coefficient (Wildman–Crippen LogP) is 5.51. The molecule has 4 heteroatoms. The largest absolute Gasteiger partial charge is 0.356 e. The molecule has 136 valence electrons. The van der Waals surface area contributed by atoms with Crippen molar-refractivity contribution in [3.8, 4) is 0 Å². The third kappa shape index (κ3) is 2.08. The molecule has 4 aromatic rings. The Morgan fingerprint density at radius 2 is 1.68 bits per heavy atom. The van der Waals surface area contributed by atoms with E-state index >= 15 is 0 Å². The number of para-hydroxylation sites is 1. The number of aromatic nitrogens is 1. The Bertz CT molecular complexity index is 1240. The van der Waals surface area contributed by atoms with Gasteiger partial charge in [0.05, 0.1) is 6.04 Å². The Morgan fingerprint density at radius 1 is 0.929 bits per heavy atom. The summed E-state index contributed by atoms with van der Waals surface area (Å²) < 4.78 is 0. The smallest absolute Gasteiger partial charge is 0.255 e. The van der Waals surface area contributed by atoms with E-state index in [1.807, 2.05) is 41.3 Å². The zero-order valence-corrected chi connectivity index (χ0v) is 15.8. The molecule has 2 atom stereocenters. The van der Waals surface area contributed by atoms with Crippen molar-refractivity contribution in [3.05, 3.63) is 106 Å². The molecule has 1 amide bonds. The van der Waals surface area contributed by atoms with Crippen LogP contribution >= 0.6 is 11.6 Å². The van der Waals surface area contributed by atoms with Gasteiger partial charge in [-0.3, -0.25) is 4.79 Å². The molecule has 28 heavy (non-hydrogen) atoms. The average molecular weight is 385 g/mol. The zero-order valence-electron chi connectivity index (χ0n) is 15.0. The van der Waals surface area contributed by atoms with Crippen molar-refractivity contribution < 1.29 is 4.79 Å². The van der Waals surface area contributed by atoms with Gasteiger partial charge < -0.3 is 9.88 Å². The molecule has 0 unspecified atom stereocenters. The first-order valence-electron chi connectivity index (χ1n) is 9.48. The predicted molar refractivity (Wildman–Crippen MR) is 111 cm³/mol. The van der Waals surface area contributed by atoms with E-state index in [-0.39, 0.29) is 17.9 Å². The molecule has 0 saturated heterocycles. The van der Waals surface area contributed by atoms with Crippen LogP contribution in [0.25, 0.3) is 10.9 Å². The maximum Gasteiger partial charge on any atom is 0.255 e. The van der Waals surface area contributed by atoms with Gasteiger partial charge in [-0.15, -0.1) is 0 Å². The number of fused-ring (bicyclic) bond motifs is 7. The second kappa shape index (κ2) is 5.73. The Hall–Kier alpha value is -3.04. The molecule has 0 fully saturated rings. The average Bonchev–Trinajstić information content (AvgIpc) is 3.25. The summed E-state index contributed by atoms with van der Waals surface area (Å²) in [5, 5.41) is 1.95. The third-order valence-electron chi connectivity index (χ3n) is 6.11. The number of nitrogens with zero attached hydrogens (tertiary/aromatic N) is 1. The van der Waals surface area contributed by atoms with E-state index in [2.05, 4.69) is 41.4 Å². The number of hydrogen-bond acceptors (Lipinski definition) is 1. The van der Waals surface area contributed by atoms with Crippen LogP contribution in [0.2, 0.25) is 5.02 Å². The standard InChI is InChI=1S/C24H17ClN2O/c25-15-11-9-14(10-12-15)19-13-27-23(16-5-1-2-6-17(16)24(27)28)22-21(19)18-7-3-4-8-20(18)26-22/h1-12,19,23,26H,13H2/t19-,23-/m1/s1. The molecule has 3 nitrogen and oxygen atoms in total. The molecule has 0 aliphatic carbocycles. The number of amides is 1. The Labute approximate surface area is 167 Å². The number of benzene rings is 3. The van der Waals surface area contributed by atoms with Crippen LogP contribution in [0.4, 0.5) is 0 Å². The molecule has 0 saturated carbocycles. The van der Waals surface area contributed by atoms with Crippen LogP contribution in [0.15, 0.2) is 72.8 Å². The van der Waals surface area contributed by atoms with Crippen LogP contribution in [-0.4, -0.2) is 22.3 Å². The van der Waals surface area contributed by atoms with E-state index in [1.54, 1.807) is 0 Å². The number of carbonyl (C=O) groups is 1. The molecule has 2 aliphatic heterocycles. The fourth-order valence-corrected chi connectivity index (χ4v) is 5.03. The van der Waals surface area contributed by atoms with Crippen LogP contribution in [0.3, 0.4) is 0 Å². The fraction of sp³-hybridized carbons (Fsp3) is 0.125. The lowest BCUT2D eigenvalue weighted by Gasteiger charge is -2.36. The number of hydrogen-bond donors (Lipinski definition) is 1. The first kappa shape index (κ1) is 16.0. The molecule has 3 heterocycles. The first-order chi connectivity index (χ1) is 13.7. The Kier molecular flexibility index (Phi) is 3.27. The number of carbonyl (C=O) groups excluding carboxylic acids is 1. The van der Waals surface area contributed by atoms with Gasteiger partial charge in [0.25, 0.3) is 5.91 Å². The van der Waals surface area contributed by atoms with E-state index in [0.29, 0.717) is 6.54 Å². The van der Waals surface area contributed by atoms with Crippen LogP contribution in [0.1, 0.15) is 44.7 Å². The molecule has 0 radical (unpaired) electrons. The molecule has 6 rings (SSSR count). The highest BCUT2D eigenvalue weighted by Gasteiger charge is 2.45. The summed E-state index contributed by atoms with van der Waals surface area (Å²) in [4.78, 5) is 18.8. The monoisotopic (exact) mass is 384 g/mol. The Morgan fingerprint density at radius 3 is 2.54 bits per heavy atom. The molecule has 0 bridgehead atoms. The van der Waals surface area contributed by atoms with E-state index in [9.17, 15) is 4.79 Å². The lowest BCUT2D eigenvalue weighted by atomic mass is 9.83. The number of H-pyrrole nitrogens is 1. The zero-order chi connectivity index (χ0) is 18.8. The number of halogens is 1. The van der Waals surface area contributed by atoms with Gasteiger partial charge in [0.2, 0.25) is 0 Å². The van der Waals surface area contributed by atoms with Crippen molar-refractivity contribution in [2.45, 2.75) is 12.0 Å². The summed E-state index contributed by atoms with van der Waals surface area (Å²) in [7, 11) is 0. The van der Waals surface area contributed by atoms with Crippen molar-refractivity contribution in [2.75, 3.05) is 6.54 Å². The van der Waals surface area contributed by atoms with Crippen LogP contribution < -0.4 is 0 Å². The first-order valence-corrected chi connectivity index (χ1v) is 9.86. The molecule has 0 spiro atoms. The maximum atomic E-state index is 13.2. The van der Waals surface area contributed by atoms with Crippen molar-refractivity contribution >= 4 is 28.4 Å². The minimum absolute atomic E-state index is 0.0466. The van der Waals surface area contributed by atoms with Crippen molar-refractivity contribution in [1.82, 2.24) is 9.88 Å². The summed E-state index contributed by atoms with van der Waals surface area (Å²) in [6.07, 6.45) is 0. The van der Waals surface area contributed by atoms with Gasteiger partial charge in [-0.05, 0) is 41.0 Å². The lowest BCUT2D eigenvalue weighted by molar-refractivity contribution is 0.0727. The highest BCUT2D eigenvalue weighted by Crippen LogP contribution is 2.49. The summed E-state index contributed by atoms with van der Waals surface area (Å²) in [5.41, 5.74) is 6.63. The minimum atomic E-state index is -0.0466. The van der Waals surface area contributed by atoms with Crippen molar-refractivity contribution in [3.63, 3.8) is 0 Å². The topological polar surface area (TPSA) is 36.1 Å². The summed E-state index contributed by atoms with van der Waals surface area (Å²) in [5.74, 6) is 0.224. The van der Waals surface area contributed by atoms with E-state index in [4.69, 9.17) is 11.6 Å². The van der Waals surface area contributed by atoms with Gasteiger partial charge in [-0.1, -0.05) is 60.1 Å². The third-order valence-corrected chi connectivity index (χ3v) is 6.36. The molecule has 2 aliphatic rings. The van der Waals surface area contributed by atoms with E-state index in [1.165, 1.54) is 16.5 Å². The molecule has 1 N–H and O–H groups in total. The van der Waals surface area contributed by atoms with Crippen LogP contribution in [0, 0.1) is 0 Å². The fourth-order valence-electron chi connectivity index (χ4n) is 4.90. The maximum absolute atomic E-state index is 13.2. The van der Waals surface area contributed by atoms with Gasteiger partial charge in [0.15, 0.2) is 0 Å². The second-order valence-electron chi connectivity index (χ2n) is 7.55. The van der Waals surface area contributed by atoms with Gasteiger partial charge in [0, 0.05) is 39.6 Å². The summed E-state index contributed by atoms with van der Waals surface area (Å²) in [6.45, 7) is 0.661. The number of nitrogens with one attached hydrogen (secondary N) is 1. The van der Waals surface area contributed by atoms with Gasteiger partial charge in [-0.2, -0.15) is 0 Å².